The van der Waals surface area contributed by atoms with Crippen molar-refractivity contribution >= 4 is 11.7 Å². The molecule has 0 saturated carbocycles. The zero-order chi connectivity index (χ0) is 18.1. The Hall–Kier alpha value is -2.73. The lowest BCUT2D eigenvalue weighted by Gasteiger charge is -2.14. The Kier molecular flexibility index (Phi) is 7.10. The van der Waals surface area contributed by atoms with Crippen molar-refractivity contribution in [1.29, 1.82) is 0 Å². The smallest absolute Gasteiger partial charge is 0.319 e. The first kappa shape index (κ1) is 18.6. The number of benzene rings is 2. The van der Waals surface area contributed by atoms with Crippen LogP contribution in [0.25, 0.3) is 0 Å². The molecule has 0 atom stereocenters. The monoisotopic (exact) mass is 343 g/mol. The lowest BCUT2D eigenvalue weighted by Crippen LogP contribution is -2.34. The summed E-state index contributed by atoms with van der Waals surface area (Å²) < 4.78 is 11.0. The van der Waals surface area contributed by atoms with E-state index in [1.807, 2.05) is 67.5 Å². The van der Waals surface area contributed by atoms with Gasteiger partial charge in [0, 0.05) is 13.1 Å². The number of carbonyl (C=O) groups is 1. The molecule has 0 radical (unpaired) electrons. The fourth-order valence-corrected chi connectivity index (χ4v) is 2.14. The predicted octanol–water partition coefficient (Wildman–Crippen LogP) is 2.96. The molecule has 25 heavy (non-hydrogen) atoms. The van der Waals surface area contributed by atoms with E-state index in [0.717, 1.165) is 17.9 Å². The van der Waals surface area contributed by atoms with Gasteiger partial charge in [0.25, 0.3) is 0 Å². The van der Waals surface area contributed by atoms with Crippen molar-refractivity contribution in [3.05, 3.63) is 54.1 Å². The van der Waals surface area contributed by atoms with E-state index >= 15 is 0 Å². The molecule has 0 fully saturated rings. The minimum atomic E-state index is -0.248. The number of amides is 2. The van der Waals surface area contributed by atoms with Crippen LogP contribution in [0.5, 0.6) is 11.5 Å². The summed E-state index contributed by atoms with van der Waals surface area (Å²) in [6.45, 7) is 1.77. The van der Waals surface area contributed by atoms with Crippen LogP contribution in [-0.4, -0.2) is 45.2 Å². The van der Waals surface area contributed by atoms with Gasteiger partial charge in [-0.1, -0.05) is 24.3 Å². The quantitative estimate of drug-likeness (QED) is 0.773. The molecule has 0 saturated heterocycles. The Morgan fingerprint density at radius 2 is 1.80 bits per heavy atom. The van der Waals surface area contributed by atoms with E-state index < -0.39 is 0 Å². The average molecular weight is 343 g/mol. The Morgan fingerprint density at radius 1 is 1.08 bits per heavy atom. The van der Waals surface area contributed by atoms with E-state index in [0.29, 0.717) is 24.6 Å². The van der Waals surface area contributed by atoms with Crippen molar-refractivity contribution in [3.63, 3.8) is 0 Å². The number of hydrogen-bond donors (Lipinski definition) is 2. The lowest BCUT2D eigenvalue weighted by molar-refractivity contribution is 0.250. The first-order valence-electron chi connectivity index (χ1n) is 8.13. The van der Waals surface area contributed by atoms with Gasteiger partial charge in [-0.2, -0.15) is 0 Å². The molecule has 0 aromatic heterocycles. The van der Waals surface area contributed by atoms with Gasteiger partial charge in [0.1, 0.15) is 18.1 Å². The highest BCUT2D eigenvalue weighted by Gasteiger charge is 2.07. The molecule has 0 heterocycles. The number of nitrogens with zero attached hydrogens (tertiary/aromatic N) is 1. The molecule has 134 valence electrons. The van der Waals surface area contributed by atoms with Gasteiger partial charge in [-0.15, -0.1) is 0 Å². The summed E-state index contributed by atoms with van der Waals surface area (Å²) in [5.74, 6) is 1.43. The van der Waals surface area contributed by atoms with Crippen molar-refractivity contribution in [2.75, 3.05) is 39.6 Å². The summed E-state index contributed by atoms with van der Waals surface area (Å²) >= 11 is 0. The minimum absolute atomic E-state index is 0.248. The van der Waals surface area contributed by atoms with Crippen LogP contribution >= 0.6 is 0 Å². The predicted molar refractivity (Wildman–Crippen MR) is 99.3 cm³/mol. The van der Waals surface area contributed by atoms with Crippen LogP contribution < -0.4 is 20.1 Å². The second kappa shape index (κ2) is 9.54. The second-order valence-electron chi connectivity index (χ2n) is 5.82. The van der Waals surface area contributed by atoms with Crippen molar-refractivity contribution < 1.29 is 14.3 Å². The summed E-state index contributed by atoms with van der Waals surface area (Å²) in [6, 6.07) is 14.8. The number of rotatable bonds is 8. The molecule has 0 aliphatic carbocycles. The third-order valence-electron chi connectivity index (χ3n) is 3.53. The van der Waals surface area contributed by atoms with Gasteiger partial charge < -0.3 is 25.0 Å². The summed E-state index contributed by atoms with van der Waals surface area (Å²) in [4.78, 5) is 14.0. The number of nitrogens with one attached hydrogen (secondary N) is 2. The van der Waals surface area contributed by atoms with Gasteiger partial charge in [0.2, 0.25) is 0 Å². The SMILES string of the molecule is COc1ccc(COc2ccccc2NC(=O)NCCN(C)C)cc1. The molecule has 2 aromatic rings. The topological polar surface area (TPSA) is 62.8 Å². The summed E-state index contributed by atoms with van der Waals surface area (Å²) in [5.41, 5.74) is 1.66. The molecule has 0 spiro atoms. The molecule has 2 aromatic carbocycles. The van der Waals surface area contributed by atoms with Crippen LogP contribution in [0.4, 0.5) is 10.5 Å². The van der Waals surface area contributed by atoms with E-state index in [2.05, 4.69) is 10.6 Å². The molecule has 2 amide bonds. The number of para-hydroxylation sites is 2. The third kappa shape index (κ3) is 6.35. The third-order valence-corrected chi connectivity index (χ3v) is 3.53. The largest absolute Gasteiger partial charge is 0.497 e. The number of urea groups is 1. The summed E-state index contributed by atoms with van der Waals surface area (Å²) in [6.07, 6.45) is 0. The maximum absolute atomic E-state index is 12.0. The van der Waals surface area contributed by atoms with Crippen LogP contribution in [0.3, 0.4) is 0 Å². The van der Waals surface area contributed by atoms with Gasteiger partial charge in [-0.3, -0.25) is 0 Å². The molecule has 0 aliphatic rings. The molecule has 6 heteroatoms. The first-order chi connectivity index (χ1) is 12.1. The second-order valence-corrected chi connectivity index (χ2v) is 5.82. The Balaban J connectivity index is 1.91. The number of hydrogen-bond acceptors (Lipinski definition) is 4. The maximum atomic E-state index is 12.0. The number of ether oxygens (including phenoxy) is 2. The Bertz CT molecular complexity index is 672. The van der Waals surface area contributed by atoms with Crippen molar-refractivity contribution in [3.8, 4) is 11.5 Å². The Morgan fingerprint density at radius 3 is 2.48 bits per heavy atom. The normalized spacial score (nSPS) is 10.4. The molecule has 0 unspecified atom stereocenters. The van der Waals surface area contributed by atoms with Crippen molar-refractivity contribution in [2.45, 2.75) is 6.61 Å². The van der Waals surface area contributed by atoms with E-state index in [9.17, 15) is 4.79 Å². The highest BCUT2D eigenvalue weighted by atomic mass is 16.5. The molecule has 2 N–H and O–H groups in total. The maximum Gasteiger partial charge on any atom is 0.319 e. The van der Waals surface area contributed by atoms with E-state index in [4.69, 9.17) is 9.47 Å². The standard InChI is InChI=1S/C19H25N3O3/c1-22(2)13-12-20-19(23)21-17-6-4-5-7-18(17)25-14-15-8-10-16(24-3)11-9-15/h4-11H,12-14H2,1-3H3,(H2,20,21,23). The zero-order valence-electron chi connectivity index (χ0n) is 14.9. The summed E-state index contributed by atoms with van der Waals surface area (Å²) in [7, 11) is 5.56. The van der Waals surface area contributed by atoms with Gasteiger partial charge in [0.05, 0.1) is 12.8 Å². The molecular weight excluding hydrogens is 318 g/mol. The van der Waals surface area contributed by atoms with Gasteiger partial charge >= 0.3 is 6.03 Å². The fourth-order valence-electron chi connectivity index (χ4n) is 2.14. The minimum Gasteiger partial charge on any atom is -0.497 e. The summed E-state index contributed by atoms with van der Waals surface area (Å²) in [5, 5.41) is 5.64. The van der Waals surface area contributed by atoms with Crippen LogP contribution in [0.1, 0.15) is 5.56 Å². The molecule has 0 aliphatic heterocycles. The van der Waals surface area contributed by atoms with Crippen molar-refractivity contribution in [1.82, 2.24) is 10.2 Å². The molecule has 0 bridgehead atoms. The number of anilines is 1. The van der Waals surface area contributed by atoms with E-state index in [-0.39, 0.29) is 6.03 Å². The molecular formula is C19H25N3O3. The molecule has 2 rings (SSSR count). The molecule has 6 nitrogen and oxygen atoms in total. The fraction of sp³-hybridized carbons (Fsp3) is 0.316. The lowest BCUT2D eigenvalue weighted by atomic mass is 10.2. The van der Waals surface area contributed by atoms with Gasteiger partial charge in [-0.05, 0) is 43.9 Å². The van der Waals surface area contributed by atoms with Gasteiger partial charge in [0.15, 0.2) is 0 Å². The number of likely N-dealkylation sites (N-methyl/N-ethyl adjacent to an activating group) is 1. The highest BCUT2D eigenvalue weighted by molar-refractivity contribution is 5.90. The van der Waals surface area contributed by atoms with Crippen LogP contribution in [0, 0.1) is 0 Å². The van der Waals surface area contributed by atoms with Crippen molar-refractivity contribution in [2.24, 2.45) is 0 Å². The van der Waals surface area contributed by atoms with E-state index in [1.165, 1.54) is 0 Å². The highest BCUT2D eigenvalue weighted by Crippen LogP contribution is 2.25. The number of methoxy groups -OCH3 is 1. The first-order valence-corrected chi connectivity index (χ1v) is 8.13. The van der Waals surface area contributed by atoms with Crippen LogP contribution in [0.2, 0.25) is 0 Å². The Labute approximate surface area is 148 Å². The van der Waals surface area contributed by atoms with Crippen LogP contribution in [0.15, 0.2) is 48.5 Å². The zero-order valence-corrected chi connectivity index (χ0v) is 14.9. The average Bonchev–Trinajstić information content (AvgIpc) is 2.61. The number of carbonyl (C=O) groups excluding carboxylic acids is 1. The van der Waals surface area contributed by atoms with Crippen LogP contribution in [-0.2, 0) is 6.61 Å². The van der Waals surface area contributed by atoms with Gasteiger partial charge in [-0.25, -0.2) is 4.79 Å². The van der Waals surface area contributed by atoms with E-state index in [1.54, 1.807) is 7.11 Å².